The van der Waals surface area contributed by atoms with E-state index in [9.17, 15) is 4.79 Å². The number of carbonyl (C=O) groups is 1. The summed E-state index contributed by atoms with van der Waals surface area (Å²) < 4.78 is 2.09. The van der Waals surface area contributed by atoms with Crippen LogP contribution in [-0.4, -0.2) is 15.6 Å². The van der Waals surface area contributed by atoms with Crippen LogP contribution < -0.4 is 5.32 Å². The first-order chi connectivity index (χ1) is 17.0. The second kappa shape index (κ2) is 7.81. The van der Waals surface area contributed by atoms with Gasteiger partial charge in [0.05, 0.1) is 23.3 Å². The first-order valence-electron chi connectivity index (χ1n) is 13.5. The smallest absolute Gasteiger partial charge is 0.168 e. The van der Waals surface area contributed by atoms with E-state index in [0.717, 1.165) is 35.6 Å². The number of anilines is 1. The Balaban J connectivity index is 1.26. The van der Waals surface area contributed by atoms with Crippen molar-refractivity contribution in [3.8, 4) is 0 Å². The lowest BCUT2D eigenvalue weighted by Crippen LogP contribution is -2.47. The van der Waals surface area contributed by atoms with Gasteiger partial charge in [-0.15, -0.1) is 0 Å². The molecule has 2 heterocycles. The van der Waals surface area contributed by atoms with Crippen molar-refractivity contribution in [2.45, 2.75) is 69.9 Å². The van der Waals surface area contributed by atoms with Crippen molar-refractivity contribution >= 4 is 11.6 Å². The molecule has 2 unspecified atom stereocenters. The summed E-state index contributed by atoms with van der Waals surface area (Å²) in [6.45, 7) is 2.27. The number of rotatable bonds is 5. The zero-order valence-corrected chi connectivity index (χ0v) is 20.6. The largest absolute Gasteiger partial charge is 0.363 e. The zero-order chi connectivity index (χ0) is 23.6. The van der Waals surface area contributed by atoms with Gasteiger partial charge in [-0.05, 0) is 79.7 Å². The fourth-order valence-electron chi connectivity index (χ4n) is 8.63. The standard InChI is InChI=1S/C31H35N3O/c1-30(25-10-6-3-7-11-25)18-27(24-8-4-2-5-9-24)33-29-26(20-32-34(29)30)28(35)19-31-15-21-12-22(16-31)14-23(13-21)17-31/h2-11,20-23,27,33H,12-19H2,1H3. The lowest BCUT2D eigenvalue weighted by atomic mass is 9.48. The van der Waals surface area contributed by atoms with Gasteiger partial charge in [-0.1, -0.05) is 60.7 Å². The van der Waals surface area contributed by atoms with Crippen LogP contribution in [0.5, 0.6) is 0 Å². The Morgan fingerprint density at radius 3 is 2.14 bits per heavy atom. The number of hydrogen-bond acceptors (Lipinski definition) is 3. The number of Topliss-reactive ketones (excluding diaryl/α,β-unsaturated/α-hetero) is 1. The van der Waals surface area contributed by atoms with Crippen LogP contribution >= 0.6 is 0 Å². The van der Waals surface area contributed by atoms with Crippen LogP contribution in [0, 0.1) is 23.2 Å². The summed E-state index contributed by atoms with van der Waals surface area (Å²) >= 11 is 0. The van der Waals surface area contributed by atoms with Gasteiger partial charge in [0.15, 0.2) is 5.78 Å². The minimum absolute atomic E-state index is 0.122. The quantitative estimate of drug-likeness (QED) is 0.413. The lowest BCUT2D eigenvalue weighted by Gasteiger charge is -2.56. The molecule has 2 aromatic carbocycles. The van der Waals surface area contributed by atoms with Crippen molar-refractivity contribution in [3.05, 3.63) is 83.6 Å². The maximum Gasteiger partial charge on any atom is 0.168 e. The van der Waals surface area contributed by atoms with Crippen LogP contribution in [0.2, 0.25) is 0 Å². The van der Waals surface area contributed by atoms with Crippen LogP contribution in [-0.2, 0) is 5.54 Å². The van der Waals surface area contributed by atoms with E-state index in [1.54, 1.807) is 0 Å². The van der Waals surface area contributed by atoms with Crippen LogP contribution in [0.1, 0.15) is 85.8 Å². The SMILES string of the molecule is CC1(c2ccccc2)CC(c2ccccc2)Nc2c(C(=O)CC34CC5CC(CC(C5)C3)C4)cnn21. The fraction of sp³-hybridized carbons (Fsp3) is 0.484. The molecule has 1 aliphatic heterocycles. The van der Waals surface area contributed by atoms with E-state index in [0.29, 0.717) is 6.42 Å². The minimum Gasteiger partial charge on any atom is -0.363 e. The molecule has 0 saturated heterocycles. The van der Waals surface area contributed by atoms with Crippen LogP contribution in [0.4, 0.5) is 5.82 Å². The van der Waals surface area contributed by atoms with Gasteiger partial charge >= 0.3 is 0 Å². The third-order valence-electron chi connectivity index (χ3n) is 9.75. The molecule has 4 fully saturated rings. The third kappa shape index (κ3) is 3.48. The molecule has 8 rings (SSSR count). The number of fused-ring (bicyclic) bond motifs is 1. The third-order valence-corrected chi connectivity index (χ3v) is 9.75. The van der Waals surface area contributed by atoms with E-state index >= 15 is 0 Å². The van der Waals surface area contributed by atoms with E-state index in [4.69, 9.17) is 5.10 Å². The highest BCUT2D eigenvalue weighted by molar-refractivity contribution is 6.01. The summed E-state index contributed by atoms with van der Waals surface area (Å²) in [4.78, 5) is 14.0. The van der Waals surface area contributed by atoms with Gasteiger partial charge in [-0.3, -0.25) is 4.79 Å². The Bertz CT molecular complexity index is 1210. The molecule has 4 nitrogen and oxygen atoms in total. The van der Waals surface area contributed by atoms with Gasteiger partial charge in [0.1, 0.15) is 5.82 Å². The average Bonchev–Trinajstić information content (AvgIpc) is 3.29. The molecule has 4 aliphatic carbocycles. The van der Waals surface area contributed by atoms with Crippen molar-refractivity contribution in [2.24, 2.45) is 23.2 Å². The molecular formula is C31H35N3O. The number of nitrogens with zero attached hydrogens (tertiary/aromatic N) is 2. The van der Waals surface area contributed by atoms with Crippen molar-refractivity contribution in [3.63, 3.8) is 0 Å². The van der Waals surface area contributed by atoms with Gasteiger partial charge in [-0.25, -0.2) is 4.68 Å². The van der Waals surface area contributed by atoms with E-state index in [2.05, 4.69) is 77.6 Å². The maximum atomic E-state index is 14.0. The number of benzene rings is 2. The molecule has 0 radical (unpaired) electrons. The molecule has 180 valence electrons. The highest BCUT2D eigenvalue weighted by atomic mass is 16.1. The second-order valence-electron chi connectivity index (χ2n) is 12.3. The summed E-state index contributed by atoms with van der Waals surface area (Å²) in [5.41, 5.74) is 3.16. The molecule has 1 aromatic heterocycles. The molecule has 35 heavy (non-hydrogen) atoms. The Morgan fingerprint density at radius 1 is 0.914 bits per heavy atom. The molecule has 5 aliphatic rings. The molecule has 0 spiro atoms. The summed E-state index contributed by atoms with van der Waals surface area (Å²) in [7, 11) is 0. The van der Waals surface area contributed by atoms with Crippen LogP contribution in [0.3, 0.4) is 0 Å². The van der Waals surface area contributed by atoms with E-state index < -0.39 is 0 Å². The Hall–Kier alpha value is -2.88. The van der Waals surface area contributed by atoms with E-state index in [1.165, 1.54) is 49.7 Å². The van der Waals surface area contributed by atoms with Gasteiger partial charge in [0.2, 0.25) is 0 Å². The van der Waals surface area contributed by atoms with Crippen molar-refractivity contribution in [1.29, 1.82) is 0 Å². The summed E-state index contributed by atoms with van der Waals surface area (Å²) in [6, 6.07) is 21.4. The predicted octanol–water partition coefficient (Wildman–Crippen LogP) is 6.99. The molecule has 2 atom stereocenters. The Labute approximate surface area is 208 Å². The predicted molar refractivity (Wildman–Crippen MR) is 138 cm³/mol. The first kappa shape index (κ1) is 21.4. The highest BCUT2D eigenvalue weighted by Gasteiger charge is 2.52. The highest BCUT2D eigenvalue weighted by Crippen LogP contribution is 2.61. The van der Waals surface area contributed by atoms with E-state index in [-0.39, 0.29) is 22.8 Å². The number of nitrogens with one attached hydrogen (secondary N) is 1. The zero-order valence-electron chi connectivity index (χ0n) is 20.6. The van der Waals surface area contributed by atoms with Gasteiger partial charge in [0, 0.05) is 12.8 Å². The van der Waals surface area contributed by atoms with Gasteiger partial charge < -0.3 is 5.32 Å². The fourth-order valence-corrected chi connectivity index (χ4v) is 8.63. The van der Waals surface area contributed by atoms with Crippen LogP contribution in [0.25, 0.3) is 0 Å². The Kier molecular flexibility index (Phi) is 4.78. The number of carbonyl (C=O) groups excluding carboxylic acids is 1. The maximum absolute atomic E-state index is 14.0. The Morgan fingerprint density at radius 2 is 1.51 bits per heavy atom. The number of aromatic nitrogens is 2. The summed E-state index contributed by atoms with van der Waals surface area (Å²) in [5, 5.41) is 8.62. The van der Waals surface area contributed by atoms with E-state index in [1.807, 2.05) is 6.20 Å². The van der Waals surface area contributed by atoms with Gasteiger partial charge in [0.25, 0.3) is 0 Å². The minimum atomic E-state index is -0.332. The average molecular weight is 466 g/mol. The van der Waals surface area contributed by atoms with Crippen molar-refractivity contribution in [2.75, 3.05) is 5.32 Å². The van der Waals surface area contributed by atoms with Crippen molar-refractivity contribution < 1.29 is 4.79 Å². The topological polar surface area (TPSA) is 46.9 Å². The van der Waals surface area contributed by atoms with Crippen molar-refractivity contribution in [1.82, 2.24) is 9.78 Å². The summed E-state index contributed by atoms with van der Waals surface area (Å²) in [5.74, 6) is 3.75. The molecule has 1 N–H and O–H groups in total. The van der Waals surface area contributed by atoms with Gasteiger partial charge in [-0.2, -0.15) is 5.10 Å². The number of hydrogen-bond donors (Lipinski definition) is 1. The molecular weight excluding hydrogens is 430 g/mol. The molecule has 4 saturated carbocycles. The molecule has 4 heteroatoms. The number of ketones is 1. The second-order valence-corrected chi connectivity index (χ2v) is 12.3. The normalized spacial score (nSPS) is 34.9. The summed E-state index contributed by atoms with van der Waals surface area (Å²) in [6.07, 6.45) is 11.4. The molecule has 3 aromatic rings. The molecule has 0 amide bonds. The molecule has 4 bridgehead atoms. The van der Waals surface area contributed by atoms with Crippen LogP contribution in [0.15, 0.2) is 66.9 Å². The first-order valence-corrected chi connectivity index (χ1v) is 13.5. The lowest BCUT2D eigenvalue weighted by molar-refractivity contribution is -0.0524. The monoisotopic (exact) mass is 465 g/mol.